The molecule has 0 radical (unpaired) electrons. The van der Waals surface area contributed by atoms with Gasteiger partial charge >= 0.3 is 5.97 Å². The SMILES string of the molecule is COC(=O)C([NH3+])c1ccc2c(c1)OCO2.[Cl-]. The van der Waals surface area contributed by atoms with Gasteiger partial charge in [0.15, 0.2) is 11.5 Å². The number of carbonyl (C=O) groups excluding carboxylic acids is 1. The van der Waals surface area contributed by atoms with E-state index < -0.39 is 6.04 Å². The number of esters is 1. The van der Waals surface area contributed by atoms with E-state index in [9.17, 15) is 4.79 Å². The van der Waals surface area contributed by atoms with Crippen LogP contribution < -0.4 is 27.6 Å². The molecule has 0 aliphatic carbocycles. The van der Waals surface area contributed by atoms with Crippen LogP contribution in [0.1, 0.15) is 11.6 Å². The summed E-state index contributed by atoms with van der Waals surface area (Å²) < 4.78 is 15.0. The van der Waals surface area contributed by atoms with Crippen molar-refractivity contribution in [1.82, 2.24) is 0 Å². The van der Waals surface area contributed by atoms with Gasteiger partial charge in [-0.05, 0) is 18.2 Å². The highest BCUT2D eigenvalue weighted by Gasteiger charge is 2.23. The molecule has 0 bridgehead atoms. The molecule has 0 amide bonds. The summed E-state index contributed by atoms with van der Waals surface area (Å²) in [5, 5.41) is 0. The third-order valence-electron chi connectivity index (χ3n) is 2.28. The van der Waals surface area contributed by atoms with Gasteiger partial charge in [0, 0.05) is 5.56 Å². The number of rotatable bonds is 2. The molecule has 0 saturated heterocycles. The largest absolute Gasteiger partial charge is 1.00 e. The van der Waals surface area contributed by atoms with E-state index in [2.05, 4.69) is 10.5 Å². The standard InChI is InChI=1S/C10H11NO4.ClH/c1-13-10(12)9(11)6-2-3-7-8(4-6)15-5-14-7;/h2-4,9H,5,11H2,1H3;1H. The minimum Gasteiger partial charge on any atom is -1.00 e. The molecule has 0 aromatic heterocycles. The second-order valence-corrected chi connectivity index (χ2v) is 3.19. The van der Waals surface area contributed by atoms with Crippen molar-refractivity contribution in [2.75, 3.05) is 13.9 Å². The van der Waals surface area contributed by atoms with Gasteiger partial charge < -0.3 is 32.4 Å². The van der Waals surface area contributed by atoms with Crippen LogP contribution in [0.3, 0.4) is 0 Å². The maximum Gasteiger partial charge on any atom is 0.369 e. The van der Waals surface area contributed by atoms with Crippen LogP contribution in [-0.4, -0.2) is 19.9 Å². The van der Waals surface area contributed by atoms with Crippen LogP contribution in [0, 0.1) is 0 Å². The predicted molar refractivity (Wildman–Crippen MR) is 50.2 cm³/mol. The van der Waals surface area contributed by atoms with Crippen molar-refractivity contribution < 1.29 is 37.1 Å². The fourth-order valence-electron chi connectivity index (χ4n) is 1.41. The van der Waals surface area contributed by atoms with E-state index in [1.54, 1.807) is 18.2 Å². The van der Waals surface area contributed by atoms with Crippen molar-refractivity contribution in [2.24, 2.45) is 0 Å². The predicted octanol–water partition coefficient (Wildman–Crippen LogP) is -3.12. The molecular formula is C10H12ClNO4. The smallest absolute Gasteiger partial charge is 0.369 e. The van der Waals surface area contributed by atoms with Crippen molar-refractivity contribution in [2.45, 2.75) is 6.04 Å². The lowest BCUT2D eigenvalue weighted by Crippen LogP contribution is -3.00. The molecule has 0 spiro atoms. The zero-order valence-electron chi connectivity index (χ0n) is 8.73. The first kappa shape index (κ1) is 12.6. The maximum absolute atomic E-state index is 11.3. The van der Waals surface area contributed by atoms with Crippen molar-refractivity contribution >= 4 is 5.97 Å². The lowest BCUT2D eigenvalue weighted by molar-refractivity contribution is -0.414. The summed E-state index contributed by atoms with van der Waals surface area (Å²) in [5.74, 6) is 0.967. The Bertz CT molecular complexity index is 396. The molecule has 2 rings (SSSR count). The first-order chi connectivity index (χ1) is 7.22. The number of fused-ring (bicyclic) bond motifs is 1. The van der Waals surface area contributed by atoms with E-state index in [1.165, 1.54) is 7.11 Å². The van der Waals surface area contributed by atoms with E-state index in [4.69, 9.17) is 9.47 Å². The number of quaternary nitrogens is 1. The highest BCUT2D eigenvalue weighted by atomic mass is 35.5. The van der Waals surface area contributed by atoms with Crippen LogP contribution in [0.15, 0.2) is 18.2 Å². The number of halogens is 1. The van der Waals surface area contributed by atoms with E-state index >= 15 is 0 Å². The second kappa shape index (κ2) is 5.05. The zero-order chi connectivity index (χ0) is 10.8. The minimum absolute atomic E-state index is 0. The van der Waals surface area contributed by atoms with Crippen LogP contribution >= 0.6 is 0 Å². The summed E-state index contributed by atoms with van der Waals surface area (Å²) in [5.41, 5.74) is 4.49. The molecule has 16 heavy (non-hydrogen) atoms. The molecule has 88 valence electrons. The summed E-state index contributed by atoms with van der Waals surface area (Å²) in [6.07, 6.45) is 0. The third-order valence-corrected chi connectivity index (χ3v) is 2.28. The fraction of sp³-hybridized carbons (Fsp3) is 0.300. The molecule has 1 aliphatic rings. The Hall–Kier alpha value is -1.46. The van der Waals surface area contributed by atoms with Gasteiger partial charge in [0.1, 0.15) is 0 Å². The molecule has 1 aliphatic heterocycles. The third kappa shape index (κ3) is 2.20. The summed E-state index contributed by atoms with van der Waals surface area (Å²) in [7, 11) is 1.34. The van der Waals surface area contributed by atoms with Crippen LogP contribution in [-0.2, 0) is 9.53 Å². The highest BCUT2D eigenvalue weighted by molar-refractivity contribution is 5.76. The topological polar surface area (TPSA) is 72.4 Å². The van der Waals surface area contributed by atoms with E-state index in [1.807, 2.05) is 0 Å². The van der Waals surface area contributed by atoms with Gasteiger partial charge in [-0.15, -0.1) is 0 Å². The maximum atomic E-state index is 11.3. The first-order valence-electron chi connectivity index (χ1n) is 4.53. The Labute approximate surface area is 98.9 Å². The summed E-state index contributed by atoms with van der Waals surface area (Å²) in [6, 6.07) is 4.75. The molecule has 0 saturated carbocycles. The van der Waals surface area contributed by atoms with Crippen LogP contribution in [0.2, 0.25) is 0 Å². The van der Waals surface area contributed by atoms with Crippen LogP contribution in [0.5, 0.6) is 11.5 Å². The molecule has 3 N–H and O–H groups in total. The van der Waals surface area contributed by atoms with Gasteiger partial charge in [-0.2, -0.15) is 0 Å². The van der Waals surface area contributed by atoms with E-state index in [-0.39, 0.29) is 25.2 Å². The Balaban J connectivity index is 0.00000128. The fourth-order valence-corrected chi connectivity index (χ4v) is 1.41. The summed E-state index contributed by atoms with van der Waals surface area (Å²) in [6.45, 7) is 0.221. The van der Waals surface area contributed by atoms with Gasteiger partial charge in [-0.25, -0.2) is 4.79 Å². The lowest BCUT2D eigenvalue weighted by atomic mass is 10.1. The molecular weight excluding hydrogens is 234 g/mol. The molecule has 5 nitrogen and oxygen atoms in total. The number of hydrogen-bond donors (Lipinski definition) is 1. The summed E-state index contributed by atoms with van der Waals surface area (Å²) >= 11 is 0. The number of carbonyl (C=O) groups is 1. The molecule has 1 atom stereocenters. The molecule has 0 fully saturated rings. The number of methoxy groups -OCH3 is 1. The van der Waals surface area contributed by atoms with Crippen LogP contribution in [0.4, 0.5) is 0 Å². The number of benzene rings is 1. The van der Waals surface area contributed by atoms with Crippen molar-refractivity contribution in [3.8, 4) is 11.5 Å². The Morgan fingerprint density at radius 1 is 1.44 bits per heavy atom. The van der Waals surface area contributed by atoms with Gasteiger partial charge in [-0.1, -0.05) is 0 Å². The average Bonchev–Trinajstić information content (AvgIpc) is 2.73. The first-order valence-corrected chi connectivity index (χ1v) is 4.53. The molecule has 6 heteroatoms. The van der Waals surface area contributed by atoms with Gasteiger partial charge in [0.05, 0.1) is 7.11 Å². The van der Waals surface area contributed by atoms with Crippen molar-refractivity contribution in [3.63, 3.8) is 0 Å². The Morgan fingerprint density at radius 2 is 2.12 bits per heavy atom. The normalized spacial score (nSPS) is 13.9. The van der Waals surface area contributed by atoms with Crippen molar-refractivity contribution in [3.05, 3.63) is 23.8 Å². The second-order valence-electron chi connectivity index (χ2n) is 3.19. The van der Waals surface area contributed by atoms with Crippen LogP contribution in [0.25, 0.3) is 0 Å². The molecule has 1 unspecified atom stereocenters. The molecule has 1 aromatic rings. The molecule has 1 aromatic carbocycles. The summed E-state index contributed by atoms with van der Waals surface area (Å²) in [4.78, 5) is 11.3. The number of hydrogen-bond acceptors (Lipinski definition) is 4. The van der Waals surface area contributed by atoms with Gasteiger partial charge in [0.25, 0.3) is 0 Å². The van der Waals surface area contributed by atoms with E-state index in [0.717, 1.165) is 5.56 Å². The van der Waals surface area contributed by atoms with E-state index in [0.29, 0.717) is 11.5 Å². The lowest BCUT2D eigenvalue weighted by Gasteiger charge is -2.06. The van der Waals surface area contributed by atoms with Gasteiger partial charge in [0.2, 0.25) is 12.8 Å². The Kier molecular flexibility index (Phi) is 3.98. The zero-order valence-corrected chi connectivity index (χ0v) is 9.49. The molecule has 1 heterocycles. The minimum atomic E-state index is -0.538. The highest BCUT2D eigenvalue weighted by Crippen LogP contribution is 2.33. The van der Waals surface area contributed by atoms with Crippen molar-refractivity contribution in [1.29, 1.82) is 0 Å². The number of ether oxygens (including phenoxy) is 3. The van der Waals surface area contributed by atoms with Gasteiger partial charge in [-0.3, -0.25) is 0 Å². The Morgan fingerprint density at radius 3 is 2.81 bits per heavy atom. The monoisotopic (exact) mass is 245 g/mol. The quantitative estimate of drug-likeness (QED) is 0.560. The average molecular weight is 246 g/mol.